The Bertz CT molecular complexity index is 1020. The van der Waals surface area contributed by atoms with E-state index in [9.17, 15) is 4.79 Å². The number of hydrogen-bond donors (Lipinski definition) is 2. The lowest BCUT2D eigenvalue weighted by Gasteiger charge is -2.32. The second-order valence-electron chi connectivity index (χ2n) is 8.14. The zero-order chi connectivity index (χ0) is 21.6. The summed E-state index contributed by atoms with van der Waals surface area (Å²) in [6.07, 6.45) is 2.12. The van der Waals surface area contributed by atoms with Crippen molar-refractivity contribution in [1.29, 1.82) is 0 Å². The fraction of sp³-hybridized carbons (Fsp3) is 0.400. The lowest BCUT2D eigenvalue weighted by Crippen LogP contribution is -2.38. The number of methoxy groups -OCH3 is 1. The number of carbonyl (C=O) groups excluding carboxylic acids is 1. The molecule has 0 aliphatic carbocycles. The molecule has 0 bridgehead atoms. The predicted molar refractivity (Wildman–Crippen MR) is 123 cm³/mol. The molecule has 0 atom stereocenters. The summed E-state index contributed by atoms with van der Waals surface area (Å²) in [5.74, 6) is 0.648. The molecular weight excluding hydrogens is 390 g/mol. The molecular formula is C25H31N3O3. The fourth-order valence-electron chi connectivity index (χ4n) is 4.18. The Labute approximate surface area is 183 Å². The average molecular weight is 422 g/mol. The van der Waals surface area contributed by atoms with Gasteiger partial charge in [0.2, 0.25) is 0 Å². The maximum absolute atomic E-state index is 12.2. The Morgan fingerprint density at radius 1 is 1.16 bits per heavy atom. The molecule has 3 aromatic rings. The number of H-pyrrole nitrogens is 1. The molecule has 0 saturated carbocycles. The second kappa shape index (κ2) is 9.98. The first-order chi connectivity index (χ1) is 15.1. The summed E-state index contributed by atoms with van der Waals surface area (Å²) in [6.45, 7) is 6.12. The third-order valence-corrected chi connectivity index (χ3v) is 5.98. The predicted octanol–water partition coefficient (Wildman–Crippen LogP) is 3.90. The Morgan fingerprint density at radius 3 is 2.74 bits per heavy atom. The van der Waals surface area contributed by atoms with E-state index in [-0.39, 0.29) is 12.0 Å². The van der Waals surface area contributed by atoms with Gasteiger partial charge in [-0.2, -0.15) is 0 Å². The van der Waals surface area contributed by atoms with E-state index >= 15 is 0 Å². The van der Waals surface area contributed by atoms with Gasteiger partial charge in [-0.1, -0.05) is 24.3 Å². The van der Waals surface area contributed by atoms with Crippen molar-refractivity contribution in [3.8, 4) is 5.75 Å². The SMILES string of the molecule is COCCNC(=O)c1cccc(OC2CCN(Cc3[nH]c4ccccc4c3C)CC2)c1. The summed E-state index contributed by atoms with van der Waals surface area (Å²) in [7, 11) is 1.62. The minimum Gasteiger partial charge on any atom is -0.490 e. The Morgan fingerprint density at radius 2 is 1.97 bits per heavy atom. The van der Waals surface area contributed by atoms with Crippen LogP contribution in [0, 0.1) is 6.92 Å². The number of para-hydroxylation sites is 1. The number of rotatable bonds is 8. The normalized spacial score (nSPS) is 15.3. The molecule has 6 nitrogen and oxygen atoms in total. The molecule has 1 aliphatic rings. The number of aromatic nitrogens is 1. The van der Waals surface area contributed by atoms with Crippen LogP contribution in [-0.4, -0.2) is 55.2 Å². The first-order valence-electron chi connectivity index (χ1n) is 11.0. The topological polar surface area (TPSA) is 66.6 Å². The van der Waals surface area contributed by atoms with Crippen LogP contribution in [0.3, 0.4) is 0 Å². The number of carbonyl (C=O) groups is 1. The van der Waals surface area contributed by atoms with Crippen LogP contribution in [0.5, 0.6) is 5.75 Å². The smallest absolute Gasteiger partial charge is 0.251 e. The molecule has 4 rings (SSSR count). The van der Waals surface area contributed by atoms with Crippen molar-refractivity contribution in [2.24, 2.45) is 0 Å². The zero-order valence-corrected chi connectivity index (χ0v) is 18.3. The highest BCUT2D eigenvalue weighted by Crippen LogP contribution is 2.25. The molecule has 2 heterocycles. The summed E-state index contributed by atoms with van der Waals surface area (Å²) < 4.78 is 11.2. The van der Waals surface area contributed by atoms with Crippen molar-refractivity contribution in [3.63, 3.8) is 0 Å². The lowest BCUT2D eigenvalue weighted by molar-refractivity contribution is 0.0923. The molecule has 2 N–H and O–H groups in total. The molecule has 6 heteroatoms. The number of ether oxygens (including phenoxy) is 2. The minimum absolute atomic E-state index is 0.106. The number of nitrogens with one attached hydrogen (secondary N) is 2. The van der Waals surface area contributed by atoms with Crippen molar-refractivity contribution in [2.45, 2.75) is 32.4 Å². The third kappa shape index (κ3) is 5.27. The molecule has 31 heavy (non-hydrogen) atoms. The molecule has 0 radical (unpaired) electrons. The quantitative estimate of drug-likeness (QED) is 0.542. The van der Waals surface area contributed by atoms with Gasteiger partial charge in [0.25, 0.3) is 5.91 Å². The summed E-state index contributed by atoms with van der Waals surface area (Å²) in [6, 6.07) is 15.9. The van der Waals surface area contributed by atoms with E-state index in [1.54, 1.807) is 13.2 Å². The summed E-state index contributed by atoms with van der Waals surface area (Å²) in [5.41, 5.74) is 4.46. The molecule has 1 amide bonds. The van der Waals surface area contributed by atoms with Crippen LogP contribution >= 0.6 is 0 Å². The summed E-state index contributed by atoms with van der Waals surface area (Å²) >= 11 is 0. The highest BCUT2D eigenvalue weighted by Gasteiger charge is 2.22. The standard InChI is InChI=1S/C25H31N3O3/c1-18-22-8-3-4-9-23(22)27-24(18)17-28-13-10-20(11-14-28)31-21-7-5-6-19(16-21)25(29)26-12-15-30-2/h3-9,16,20,27H,10-15,17H2,1-2H3,(H,26,29). The van der Waals surface area contributed by atoms with Crippen LogP contribution in [0.2, 0.25) is 0 Å². The van der Waals surface area contributed by atoms with E-state index in [0.29, 0.717) is 18.7 Å². The van der Waals surface area contributed by atoms with E-state index in [0.717, 1.165) is 38.2 Å². The highest BCUT2D eigenvalue weighted by molar-refractivity contribution is 5.94. The first kappa shape index (κ1) is 21.4. The van der Waals surface area contributed by atoms with E-state index < -0.39 is 0 Å². The number of aromatic amines is 1. The maximum atomic E-state index is 12.2. The minimum atomic E-state index is -0.106. The fourth-order valence-corrected chi connectivity index (χ4v) is 4.18. The van der Waals surface area contributed by atoms with Gasteiger partial charge in [0.05, 0.1) is 6.61 Å². The highest BCUT2D eigenvalue weighted by atomic mass is 16.5. The Hall–Kier alpha value is -2.83. The van der Waals surface area contributed by atoms with Gasteiger partial charge in [0.1, 0.15) is 11.9 Å². The van der Waals surface area contributed by atoms with E-state index in [1.807, 2.05) is 18.2 Å². The molecule has 2 aromatic carbocycles. The Kier molecular flexibility index (Phi) is 6.89. The van der Waals surface area contributed by atoms with E-state index in [1.165, 1.54) is 22.2 Å². The van der Waals surface area contributed by atoms with Crippen molar-refractivity contribution in [2.75, 3.05) is 33.4 Å². The van der Waals surface area contributed by atoms with Crippen molar-refractivity contribution in [1.82, 2.24) is 15.2 Å². The average Bonchev–Trinajstić information content (AvgIpc) is 3.11. The van der Waals surface area contributed by atoms with Crippen LogP contribution in [-0.2, 0) is 11.3 Å². The number of piperidine rings is 1. The molecule has 1 aromatic heterocycles. The van der Waals surface area contributed by atoms with Crippen LogP contribution in [0.15, 0.2) is 48.5 Å². The van der Waals surface area contributed by atoms with Gasteiger partial charge in [-0.15, -0.1) is 0 Å². The molecule has 1 fully saturated rings. The molecule has 164 valence electrons. The van der Waals surface area contributed by atoms with Crippen LogP contribution in [0.25, 0.3) is 10.9 Å². The number of fused-ring (bicyclic) bond motifs is 1. The van der Waals surface area contributed by atoms with Gasteiger partial charge >= 0.3 is 0 Å². The van der Waals surface area contributed by atoms with Gasteiger partial charge in [0.15, 0.2) is 0 Å². The number of hydrogen-bond acceptors (Lipinski definition) is 4. The van der Waals surface area contributed by atoms with Crippen LogP contribution in [0.1, 0.15) is 34.5 Å². The molecule has 1 aliphatic heterocycles. The largest absolute Gasteiger partial charge is 0.490 e. The van der Waals surface area contributed by atoms with Crippen LogP contribution < -0.4 is 10.1 Å². The molecule has 0 spiro atoms. The molecule has 0 unspecified atom stereocenters. The zero-order valence-electron chi connectivity index (χ0n) is 18.3. The Balaban J connectivity index is 1.29. The van der Waals surface area contributed by atoms with E-state index in [2.05, 4.69) is 46.4 Å². The third-order valence-electron chi connectivity index (χ3n) is 5.98. The van der Waals surface area contributed by atoms with Gasteiger partial charge in [-0.05, 0) is 49.6 Å². The van der Waals surface area contributed by atoms with E-state index in [4.69, 9.17) is 9.47 Å². The van der Waals surface area contributed by atoms with Crippen LogP contribution in [0.4, 0.5) is 0 Å². The number of benzene rings is 2. The monoisotopic (exact) mass is 421 g/mol. The number of nitrogens with zero attached hydrogens (tertiary/aromatic N) is 1. The first-order valence-corrected chi connectivity index (χ1v) is 11.0. The lowest BCUT2D eigenvalue weighted by atomic mass is 10.1. The summed E-state index contributed by atoms with van der Waals surface area (Å²) in [4.78, 5) is 18.3. The number of likely N-dealkylation sites (tertiary alicyclic amines) is 1. The number of aryl methyl sites for hydroxylation is 1. The summed E-state index contributed by atoms with van der Waals surface area (Å²) in [5, 5.41) is 4.15. The van der Waals surface area contributed by atoms with Gasteiger partial charge in [0, 0.05) is 55.4 Å². The van der Waals surface area contributed by atoms with Gasteiger partial charge in [-0.25, -0.2) is 0 Å². The van der Waals surface area contributed by atoms with Crippen molar-refractivity contribution in [3.05, 3.63) is 65.4 Å². The second-order valence-corrected chi connectivity index (χ2v) is 8.14. The van der Waals surface area contributed by atoms with Gasteiger partial charge in [-0.3, -0.25) is 9.69 Å². The number of amides is 1. The molecule has 1 saturated heterocycles. The van der Waals surface area contributed by atoms with Crippen molar-refractivity contribution < 1.29 is 14.3 Å². The maximum Gasteiger partial charge on any atom is 0.251 e. The van der Waals surface area contributed by atoms with Crippen molar-refractivity contribution >= 4 is 16.8 Å². The van der Waals surface area contributed by atoms with Gasteiger partial charge < -0.3 is 19.8 Å².